The number of carbonyl (C=O) groups is 2. The highest BCUT2D eigenvalue weighted by molar-refractivity contribution is 7.17. The summed E-state index contributed by atoms with van der Waals surface area (Å²) in [6.45, 7) is 7.13. The van der Waals surface area contributed by atoms with Gasteiger partial charge >= 0.3 is 5.97 Å². The molecule has 0 aromatic carbocycles. The Balaban J connectivity index is 0.00000484. The third-order valence-corrected chi connectivity index (χ3v) is 3.67. The van der Waals surface area contributed by atoms with Crippen LogP contribution < -0.4 is 10.6 Å². The molecule has 0 bridgehead atoms. The van der Waals surface area contributed by atoms with E-state index in [2.05, 4.69) is 15.6 Å². The second-order valence-corrected chi connectivity index (χ2v) is 6.66. The predicted octanol–water partition coefficient (Wildman–Crippen LogP) is 1.82. The first-order chi connectivity index (χ1) is 10.3. The summed E-state index contributed by atoms with van der Waals surface area (Å²) in [5, 5.41) is 6.02. The molecule has 7 nitrogen and oxygen atoms in total. The summed E-state index contributed by atoms with van der Waals surface area (Å²) in [6, 6.07) is 0. The summed E-state index contributed by atoms with van der Waals surface area (Å²) in [7, 11) is 2.92. The van der Waals surface area contributed by atoms with Crippen LogP contribution in [0, 0.1) is 0 Å². The topological polar surface area (TPSA) is 89.5 Å². The van der Waals surface area contributed by atoms with Gasteiger partial charge in [0.15, 0.2) is 5.13 Å². The number of esters is 1. The maximum Gasteiger partial charge on any atom is 0.350 e. The summed E-state index contributed by atoms with van der Waals surface area (Å²) in [4.78, 5) is 28.4. The van der Waals surface area contributed by atoms with Crippen LogP contribution in [0.2, 0.25) is 0 Å². The van der Waals surface area contributed by atoms with Crippen LogP contribution in [-0.4, -0.2) is 50.8 Å². The average molecular weight is 366 g/mol. The van der Waals surface area contributed by atoms with Crippen molar-refractivity contribution in [3.63, 3.8) is 0 Å². The molecule has 1 heterocycles. The number of halogens is 1. The fraction of sp³-hybridized carbons (Fsp3) is 0.643. The van der Waals surface area contributed by atoms with Crippen molar-refractivity contribution in [2.45, 2.75) is 26.2 Å². The van der Waals surface area contributed by atoms with Gasteiger partial charge in [0.05, 0.1) is 26.0 Å². The molecule has 0 unspecified atom stereocenters. The van der Waals surface area contributed by atoms with Gasteiger partial charge in [-0.1, -0.05) is 32.1 Å². The molecule has 0 spiro atoms. The molecule has 1 aromatic heterocycles. The Morgan fingerprint density at radius 1 is 1.26 bits per heavy atom. The van der Waals surface area contributed by atoms with E-state index in [1.807, 2.05) is 20.8 Å². The van der Waals surface area contributed by atoms with Gasteiger partial charge in [0.25, 0.3) is 0 Å². The lowest BCUT2D eigenvalue weighted by atomic mass is 9.91. The number of nitrogens with zero attached hydrogens (tertiary/aromatic N) is 1. The van der Waals surface area contributed by atoms with Gasteiger partial charge < -0.3 is 20.1 Å². The molecule has 1 rings (SSSR count). The Bertz CT molecular complexity index is 529. The Labute approximate surface area is 146 Å². The highest BCUT2D eigenvalue weighted by Gasteiger charge is 2.28. The Morgan fingerprint density at radius 3 is 2.43 bits per heavy atom. The Hall–Kier alpha value is -1.22. The monoisotopic (exact) mass is 365 g/mol. The Kier molecular flexibility index (Phi) is 9.29. The van der Waals surface area contributed by atoms with Crippen molar-refractivity contribution in [2.75, 3.05) is 39.2 Å². The van der Waals surface area contributed by atoms with Gasteiger partial charge in [-0.2, -0.15) is 0 Å². The number of ether oxygens (including phenoxy) is 2. The SMILES string of the molecule is COCCNCC(=O)Nc1nc(C(C)(C)C)c(C(=O)OC)s1.Cl. The van der Waals surface area contributed by atoms with Crippen LogP contribution in [0.1, 0.15) is 36.1 Å². The molecule has 0 saturated carbocycles. The van der Waals surface area contributed by atoms with Crippen LogP contribution in [0.4, 0.5) is 5.13 Å². The van der Waals surface area contributed by atoms with Gasteiger partial charge in [0.2, 0.25) is 5.91 Å². The first kappa shape index (κ1) is 21.8. The molecule has 0 aliphatic heterocycles. The molecule has 1 amide bonds. The quantitative estimate of drug-likeness (QED) is 0.566. The number of anilines is 1. The maximum absolute atomic E-state index is 11.8. The number of hydrogen-bond donors (Lipinski definition) is 2. The second-order valence-electron chi connectivity index (χ2n) is 5.66. The van der Waals surface area contributed by atoms with Crippen LogP contribution in [0.25, 0.3) is 0 Å². The maximum atomic E-state index is 11.8. The summed E-state index contributed by atoms with van der Waals surface area (Å²) in [6.07, 6.45) is 0. The van der Waals surface area contributed by atoms with Crippen LogP contribution in [0.5, 0.6) is 0 Å². The number of rotatable bonds is 7. The number of nitrogens with one attached hydrogen (secondary N) is 2. The zero-order valence-electron chi connectivity index (χ0n) is 14.0. The van der Waals surface area contributed by atoms with E-state index in [1.165, 1.54) is 7.11 Å². The number of carbonyl (C=O) groups excluding carboxylic acids is 2. The van der Waals surface area contributed by atoms with E-state index in [0.29, 0.717) is 28.9 Å². The zero-order valence-corrected chi connectivity index (χ0v) is 15.7. The van der Waals surface area contributed by atoms with Gasteiger partial charge in [0, 0.05) is 19.1 Å². The summed E-state index contributed by atoms with van der Waals surface area (Å²) >= 11 is 1.12. The summed E-state index contributed by atoms with van der Waals surface area (Å²) < 4.78 is 9.66. The summed E-state index contributed by atoms with van der Waals surface area (Å²) in [5.41, 5.74) is 0.298. The smallest absolute Gasteiger partial charge is 0.350 e. The molecule has 9 heteroatoms. The standard InChI is InChI=1S/C14H23N3O4S.ClH/c1-14(2,3)11-10(12(19)21-5)22-13(17-11)16-9(18)8-15-6-7-20-4;/h15H,6-8H2,1-5H3,(H,16,17,18);1H. The third kappa shape index (κ3) is 6.82. The lowest BCUT2D eigenvalue weighted by Crippen LogP contribution is -2.30. The minimum Gasteiger partial charge on any atom is -0.465 e. The van der Waals surface area contributed by atoms with Crippen molar-refractivity contribution in [1.29, 1.82) is 0 Å². The van der Waals surface area contributed by atoms with Crippen molar-refractivity contribution in [3.05, 3.63) is 10.6 Å². The molecular formula is C14H24ClN3O4S. The van der Waals surface area contributed by atoms with Gasteiger partial charge in [-0.05, 0) is 0 Å². The number of aromatic nitrogens is 1. The summed E-state index contributed by atoms with van der Waals surface area (Å²) in [5.74, 6) is -0.664. The molecule has 132 valence electrons. The molecule has 0 fully saturated rings. The highest BCUT2D eigenvalue weighted by Crippen LogP contribution is 2.32. The van der Waals surface area contributed by atoms with E-state index in [4.69, 9.17) is 9.47 Å². The molecule has 0 saturated heterocycles. The minimum atomic E-state index is -0.443. The fourth-order valence-electron chi connectivity index (χ4n) is 1.65. The van der Waals surface area contributed by atoms with E-state index in [-0.39, 0.29) is 30.3 Å². The van der Waals surface area contributed by atoms with Crippen molar-refractivity contribution in [2.24, 2.45) is 0 Å². The minimum absolute atomic E-state index is 0. The first-order valence-electron chi connectivity index (χ1n) is 6.88. The van der Waals surface area contributed by atoms with Crippen LogP contribution in [0.15, 0.2) is 0 Å². The lowest BCUT2D eigenvalue weighted by Gasteiger charge is -2.16. The van der Waals surface area contributed by atoms with E-state index < -0.39 is 5.97 Å². The Morgan fingerprint density at radius 2 is 1.91 bits per heavy atom. The molecule has 0 aliphatic carbocycles. The normalized spacial score (nSPS) is 10.8. The van der Waals surface area contributed by atoms with E-state index in [0.717, 1.165) is 11.3 Å². The van der Waals surface area contributed by atoms with E-state index in [9.17, 15) is 9.59 Å². The largest absolute Gasteiger partial charge is 0.465 e. The molecule has 23 heavy (non-hydrogen) atoms. The first-order valence-corrected chi connectivity index (χ1v) is 7.70. The van der Waals surface area contributed by atoms with Gasteiger partial charge in [0.1, 0.15) is 4.88 Å². The van der Waals surface area contributed by atoms with Crippen molar-refractivity contribution in [1.82, 2.24) is 10.3 Å². The van der Waals surface area contributed by atoms with Crippen molar-refractivity contribution in [3.8, 4) is 0 Å². The highest BCUT2D eigenvalue weighted by atomic mass is 35.5. The second kappa shape index (κ2) is 9.82. The average Bonchev–Trinajstić information content (AvgIpc) is 2.86. The predicted molar refractivity (Wildman–Crippen MR) is 92.8 cm³/mol. The number of thiazole rings is 1. The lowest BCUT2D eigenvalue weighted by molar-refractivity contribution is -0.115. The van der Waals surface area contributed by atoms with E-state index in [1.54, 1.807) is 7.11 Å². The fourth-order valence-corrected chi connectivity index (χ4v) is 2.76. The molecule has 0 radical (unpaired) electrons. The molecule has 0 aliphatic rings. The molecular weight excluding hydrogens is 342 g/mol. The number of methoxy groups -OCH3 is 2. The number of hydrogen-bond acceptors (Lipinski definition) is 7. The van der Waals surface area contributed by atoms with Crippen LogP contribution in [0.3, 0.4) is 0 Å². The molecule has 1 aromatic rings. The molecule has 2 N–H and O–H groups in total. The van der Waals surface area contributed by atoms with Crippen LogP contribution in [-0.2, 0) is 19.7 Å². The van der Waals surface area contributed by atoms with Gasteiger partial charge in [-0.15, -0.1) is 12.4 Å². The molecule has 0 atom stereocenters. The van der Waals surface area contributed by atoms with Gasteiger partial charge in [-0.25, -0.2) is 9.78 Å². The van der Waals surface area contributed by atoms with Crippen LogP contribution >= 0.6 is 23.7 Å². The number of amides is 1. The third-order valence-electron chi connectivity index (χ3n) is 2.72. The van der Waals surface area contributed by atoms with Crippen molar-refractivity contribution >= 4 is 40.8 Å². The zero-order chi connectivity index (χ0) is 16.8. The van der Waals surface area contributed by atoms with Gasteiger partial charge in [-0.3, -0.25) is 4.79 Å². The van der Waals surface area contributed by atoms with Crippen molar-refractivity contribution < 1.29 is 19.1 Å². The van der Waals surface area contributed by atoms with E-state index >= 15 is 0 Å².